The van der Waals surface area contributed by atoms with Crippen LogP contribution in [0, 0.1) is 5.82 Å². The molecule has 0 saturated carbocycles. The first-order chi connectivity index (χ1) is 18.0. The van der Waals surface area contributed by atoms with Gasteiger partial charge in [-0.25, -0.2) is 12.8 Å². The number of nitrogens with one attached hydrogen (secondary N) is 1. The molecule has 38 heavy (non-hydrogen) atoms. The number of benzene rings is 3. The molecular formula is C27H28Cl2FN3O4S. The number of carbonyl (C=O) groups excluding carboxylic acids is 2. The molecule has 0 aliphatic carbocycles. The third-order valence-electron chi connectivity index (χ3n) is 5.75. The van der Waals surface area contributed by atoms with Crippen molar-refractivity contribution in [2.24, 2.45) is 0 Å². The number of nitrogens with zero attached hydrogens (tertiary/aromatic N) is 2. The van der Waals surface area contributed by atoms with E-state index in [-0.39, 0.29) is 23.7 Å². The lowest BCUT2D eigenvalue weighted by atomic mass is 10.0. The Bertz CT molecular complexity index is 1370. The Labute approximate surface area is 232 Å². The normalized spacial score (nSPS) is 12.0. The Morgan fingerprint density at radius 2 is 1.63 bits per heavy atom. The number of sulfonamides is 1. The fraction of sp³-hybridized carbons (Fsp3) is 0.259. The number of hydrogen-bond donors (Lipinski definition) is 1. The smallest absolute Gasteiger partial charge is 0.244 e. The topological polar surface area (TPSA) is 86.8 Å². The first-order valence-electron chi connectivity index (χ1n) is 11.8. The Morgan fingerprint density at radius 1 is 0.974 bits per heavy atom. The highest BCUT2D eigenvalue weighted by Crippen LogP contribution is 2.30. The Balaban J connectivity index is 2.05. The first kappa shape index (κ1) is 29.4. The quantitative estimate of drug-likeness (QED) is 0.357. The average molecular weight is 581 g/mol. The molecule has 3 rings (SSSR count). The predicted octanol–water partition coefficient (Wildman–Crippen LogP) is 4.67. The molecule has 1 atom stereocenters. The molecule has 11 heteroatoms. The number of amides is 2. The molecule has 0 unspecified atom stereocenters. The molecule has 0 fully saturated rings. The van der Waals surface area contributed by atoms with Gasteiger partial charge >= 0.3 is 0 Å². The lowest BCUT2D eigenvalue weighted by Gasteiger charge is -2.33. The number of likely N-dealkylation sites (N-methyl/N-ethyl adjacent to an activating group) is 1. The van der Waals surface area contributed by atoms with Crippen LogP contribution in [0.15, 0.2) is 72.8 Å². The van der Waals surface area contributed by atoms with Gasteiger partial charge in [0.15, 0.2) is 0 Å². The summed E-state index contributed by atoms with van der Waals surface area (Å²) in [5.41, 5.74) is 1.45. The summed E-state index contributed by atoms with van der Waals surface area (Å²) < 4.78 is 40.0. The molecule has 7 nitrogen and oxygen atoms in total. The zero-order valence-electron chi connectivity index (χ0n) is 20.9. The summed E-state index contributed by atoms with van der Waals surface area (Å²) in [6, 6.07) is 18.0. The molecule has 3 aromatic rings. The zero-order valence-corrected chi connectivity index (χ0v) is 23.2. The van der Waals surface area contributed by atoms with E-state index in [4.69, 9.17) is 23.2 Å². The predicted molar refractivity (Wildman–Crippen MR) is 148 cm³/mol. The summed E-state index contributed by atoms with van der Waals surface area (Å²) in [5.74, 6) is -1.49. The molecule has 0 aromatic heterocycles. The van der Waals surface area contributed by atoms with Crippen molar-refractivity contribution in [2.45, 2.75) is 25.9 Å². The van der Waals surface area contributed by atoms with Crippen molar-refractivity contribution in [3.63, 3.8) is 0 Å². The van der Waals surface area contributed by atoms with Crippen LogP contribution in [0.2, 0.25) is 10.0 Å². The highest BCUT2D eigenvalue weighted by molar-refractivity contribution is 7.92. The number of anilines is 1. The van der Waals surface area contributed by atoms with E-state index < -0.39 is 40.2 Å². The van der Waals surface area contributed by atoms with Crippen LogP contribution in [0.1, 0.15) is 18.1 Å². The number of halogens is 3. The molecule has 202 valence electrons. The minimum Gasteiger partial charge on any atom is -0.355 e. The molecule has 1 N–H and O–H groups in total. The van der Waals surface area contributed by atoms with Crippen LogP contribution in [-0.4, -0.2) is 50.5 Å². The zero-order chi connectivity index (χ0) is 27.9. The molecule has 3 aromatic carbocycles. The van der Waals surface area contributed by atoms with Crippen molar-refractivity contribution in [1.29, 1.82) is 0 Å². The van der Waals surface area contributed by atoms with Crippen molar-refractivity contribution in [2.75, 3.05) is 23.7 Å². The highest BCUT2D eigenvalue weighted by atomic mass is 35.5. The van der Waals surface area contributed by atoms with Crippen LogP contribution < -0.4 is 9.62 Å². The number of carbonyl (C=O) groups is 2. The maximum Gasteiger partial charge on any atom is 0.244 e. The van der Waals surface area contributed by atoms with E-state index in [1.54, 1.807) is 6.92 Å². The molecule has 0 radical (unpaired) electrons. The summed E-state index contributed by atoms with van der Waals surface area (Å²) >= 11 is 12.3. The molecule has 0 heterocycles. The van der Waals surface area contributed by atoms with Gasteiger partial charge in [0.05, 0.1) is 17.0 Å². The molecular weight excluding hydrogens is 552 g/mol. The maximum absolute atomic E-state index is 13.9. The van der Waals surface area contributed by atoms with E-state index in [0.717, 1.165) is 16.1 Å². The standard InChI is InChI=1S/C27H28Cl2FN3O4S/c1-3-31-27(35)25(15-19-7-5-4-6-8-19)32(17-20-9-12-22(30)13-10-20)26(34)18-33(38(2,36)37)24-14-11-21(28)16-23(24)29/h4-14,16,25H,3,15,17-18H2,1-2H3,(H,31,35)/t25-/m0/s1. The lowest BCUT2D eigenvalue weighted by molar-refractivity contribution is -0.140. The molecule has 0 bridgehead atoms. The van der Waals surface area contributed by atoms with Crippen LogP contribution in [0.4, 0.5) is 10.1 Å². The fourth-order valence-corrected chi connectivity index (χ4v) is 5.33. The van der Waals surface area contributed by atoms with Crippen molar-refractivity contribution < 1.29 is 22.4 Å². The SMILES string of the molecule is CCNC(=O)[C@H](Cc1ccccc1)N(Cc1ccc(F)cc1)C(=O)CN(c1ccc(Cl)cc1Cl)S(C)(=O)=O. The summed E-state index contributed by atoms with van der Waals surface area (Å²) in [7, 11) is -3.97. The molecule has 0 saturated heterocycles. The first-order valence-corrected chi connectivity index (χ1v) is 14.4. The minimum absolute atomic E-state index is 0.0466. The van der Waals surface area contributed by atoms with Gasteiger partial charge in [-0.1, -0.05) is 65.7 Å². The van der Waals surface area contributed by atoms with Gasteiger partial charge in [0.2, 0.25) is 21.8 Å². The second-order valence-corrected chi connectivity index (χ2v) is 11.4. The molecule has 2 amide bonds. The van der Waals surface area contributed by atoms with Crippen molar-refractivity contribution >= 4 is 50.7 Å². The van der Waals surface area contributed by atoms with E-state index in [0.29, 0.717) is 17.1 Å². The molecule has 0 aliphatic rings. The van der Waals surface area contributed by atoms with Crippen molar-refractivity contribution in [1.82, 2.24) is 10.2 Å². The van der Waals surface area contributed by atoms with E-state index in [9.17, 15) is 22.4 Å². The average Bonchev–Trinajstić information content (AvgIpc) is 2.86. The van der Waals surface area contributed by atoms with Crippen molar-refractivity contribution in [3.8, 4) is 0 Å². The third kappa shape index (κ3) is 7.93. The summed E-state index contributed by atoms with van der Waals surface area (Å²) in [5, 5.41) is 3.11. The lowest BCUT2D eigenvalue weighted by Crippen LogP contribution is -2.53. The number of hydrogen-bond acceptors (Lipinski definition) is 4. The Hall–Kier alpha value is -3.14. The molecule has 0 aliphatic heterocycles. The second kappa shape index (κ2) is 13.1. The van der Waals surface area contributed by atoms with Crippen molar-refractivity contribution in [3.05, 3.63) is 99.8 Å². The Morgan fingerprint density at radius 3 is 2.21 bits per heavy atom. The summed E-state index contributed by atoms with van der Waals surface area (Å²) in [4.78, 5) is 28.4. The van der Waals surface area contributed by atoms with Crippen LogP contribution in [0.25, 0.3) is 0 Å². The summed E-state index contributed by atoms with van der Waals surface area (Å²) in [6.45, 7) is 1.42. The van der Waals surface area contributed by atoms with Gasteiger partial charge in [-0.05, 0) is 48.4 Å². The largest absolute Gasteiger partial charge is 0.355 e. The van der Waals surface area contributed by atoms with Gasteiger partial charge in [0.1, 0.15) is 18.4 Å². The maximum atomic E-state index is 13.9. The van der Waals surface area contributed by atoms with Gasteiger partial charge in [-0.15, -0.1) is 0 Å². The van der Waals surface area contributed by atoms with E-state index >= 15 is 0 Å². The van der Waals surface area contributed by atoms with Gasteiger partial charge in [-0.2, -0.15) is 0 Å². The summed E-state index contributed by atoms with van der Waals surface area (Å²) in [6.07, 6.45) is 1.14. The van der Waals surface area contributed by atoms with Crippen LogP contribution in [0.5, 0.6) is 0 Å². The van der Waals surface area contributed by atoms with Crippen LogP contribution >= 0.6 is 23.2 Å². The number of rotatable bonds is 11. The van der Waals surface area contributed by atoms with Crippen LogP contribution in [-0.2, 0) is 32.6 Å². The second-order valence-electron chi connectivity index (χ2n) is 8.61. The van der Waals surface area contributed by atoms with E-state index in [1.807, 2.05) is 30.3 Å². The van der Waals surface area contributed by atoms with Crippen LogP contribution in [0.3, 0.4) is 0 Å². The minimum atomic E-state index is -3.97. The third-order valence-corrected chi connectivity index (χ3v) is 7.41. The van der Waals surface area contributed by atoms with E-state index in [2.05, 4.69) is 5.32 Å². The monoisotopic (exact) mass is 579 g/mol. The van der Waals surface area contributed by atoms with E-state index in [1.165, 1.54) is 47.4 Å². The van der Waals surface area contributed by atoms with Gasteiger partial charge in [0.25, 0.3) is 0 Å². The Kier molecular flexibility index (Phi) is 10.1. The van der Waals surface area contributed by atoms with Gasteiger partial charge in [0, 0.05) is 24.5 Å². The van der Waals surface area contributed by atoms with Gasteiger partial charge in [-0.3, -0.25) is 13.9 Å². The fourth-order valence-electron chi connectivity index (χ4n) is 3.91. The molecule has 0 spiro atoms. The highest BCUT2D eigenvalue weighted by Gasteiger charge is 2.33. The van der Waals surface area contributed by atoms with Gasteiger partial charge < -0.3 is 10.2 Å².